The van der Waals surface area contributed by atoms with Crippen LogP contribution in [0.4, 0.5) is 0 Å². The second kappa shape index (κ2) is 2.10. The first-order valence-electron chi connectivity index (χ1n) is 2.97. The van der Waals surface area contributed by atoms with Crippen molar-refractivity contribution in [2.75, 3.05) is 0 Å². The molecule has 9 heavy (non-hydrogen) atoms. The third kappa shape index (κ3) is 1.79. The van der Waals surface area contributed by atoms with Gasteiger partial charge in [0.25, 0.3) is 0 Å². The minimum Gasteiger partial charge on any atom is -0.495 e. The highest BCUT2D eigenvalue weighted by molar-refractivity contribution is 7.80. The van der Waals surface area contributed by atoms with Crippen LogP contribution in [0.2, 0.25) is 0 Å². The minimum absolute atomic E-state index is 0.0775. The zero-order valence-electron chi connectivity index (χ0n) is 5.68. The average Bonchev–Trinajstić information content (AvgIpc) is 1.60. The summed E-state index contributed by atoms with van der Waals surface area (Å²) < 4.78 is 5.27. The van der Waals surface area contributed by atoms with Gasteiger partial charge in [0.05, 0.1) is 6.26 Å². The van der Waals surface area contributed by atoms with Gasteiger partial charge in [-0.15, -0.1) is 0 Å². The second-order valence-corrected chi connectivity index (χ2v) is 3.35. The Balaban J connectivity index is 2.68. The van der Waals surface area contributed by atoms with Crippen molar-refractivity contribution in [3.05, 3.63) is 12.3 Å². The minimum atomic E-state index is -0.0775. The smallest absolute Gasteiger partial charge is 0.107 e. The quantitative estimate of drug-likeness (QED) is 0.479. The predicted octanol–water partition coefficient (Wildman–Crippen LogP) is 2.07. The van der Waals surface area contributed by atoms with E-state index in [2.05, 4.69) is 0 Å². The third-order valence-corrected chi connectivity index (χ3v) is 1.52. The van der Waals surface area contributed by atoms with Gasteiger partial charge in [-0.25, -0.2) is 0 Å². The van der Waals surface area contributed by atoms with Crippen LogP contribution in [0.1, 0.15) is 20.3 Å². The zero-order chi connectivity index (χ0) is 6.91. The Kier molecular flexibility index (Phi) is 1.58. The van der Waals surface area contributed by atoms with E-state index in [1.165, 1.54) is 0 Å². The molecule has 0 radical (unpaired) electrons. The van der Waals surface area contributed by atoms with Crippen molar-refractivity contribution in [2.45, 2.75) is 25.9 Å². The van der Waals surface area contributed by atoms with Gasteiger partial charge >= 0.3 is 0 Å². The molecule has 1 aliphatic heterocycles. The van der Waals surface area contributed by atoms with Gasteiger partial charge in [-0.1, -0.05) is 12.2 Å². The molecule has 0 saturated carbocycles. The molecule has 1 aliphatic rings. The van der Waals surface area contributed by atoms with E-state index in [0.29, 0.717) is 0 Å². The van der Waals surface area contributed by atoms with Crippen molar-refractivity contribution in [3.8, 4) is 0 Å². The fraction of sp³-hybridized carbons (Fsp3) is 0.571. The SMILES string of the molecule is CC1(C)CC(=S)C=CO1. The van der Waals surface area contributed by atoms with Crippen molar-refractivity contribution < 1.29 is 4.74 Å². The molecule has 1 rings (SSSR count). The molecule has 0 saturated heterocycles. The largest absolute Gasteiger partial charge is 0.495 e. The van der Waals surface area contributed by atoms with Gasteiger partial charge in [0.1, 0.15) is 5.60 Å². The molecule has 50 valence electrons. The Labute approximate surface area is 60.7 Å². The molecule has 0 N–H and O–H groups in total. The maximum atomic E-state index is 5.27. The molecule has 0 fully saturated rings. The topological polar surface area (TPSA) is 9.23 Å². The summed E-state index contributed by atoms with van der Waals surface area (Å²) in [5, 5.41) is 0. The van der Waals surface area contributed by atoms with E-state index < -0.39 is 0 Å². The molecular weight excluding hydrogens is 132 g/mol. The summed E-state index contributed by atoms with van der Waals surface area (Å²) in [6.45, 7) is 4.06. The molecule has 2 heteroatoms. The van der Waals surface area contributed by atoms with Crippen molar-refractivity contribution in [3.63, 3.8) is 0 Å². The molecule has 0 spiro atoms. The summed E-state index contributed by atoms with van der Waals surface area (Å²) in [6, 6.07) is 0. The maximum absolute atomic E-state index is 5.27. The zero-order valence-corrected chi connectivity index (χ0v) is 6.49. The fourth-order valence-electron chi connectivity index (χ4n) is 0.814. The highest BCUT2D eigenvalue weighted by Gasteiger charge is 2.21. The van der Waals surface area contributed by atoms with Crippen LogP contribution in [0, 0.1) is 0 Å². The molecule has 0 bridgehead atoms. The van der Waals surface area contributed by atoms with Crippen LogP contribution in [0.3, 0.4) is 0 Å². The predicted molar refractivity (Wildman–Crippen MR) is 41.5 cm³/mol. The number of ether oxygens (including phenoxy) is 1. The normalized spacial score (nSPS) is 23.6. The Bertz CT molecular complexity index is 158. The lowest BCUT2D eigenvalue weighted by Crippen LogP contribution is -2.27. The van der Waals surface area contributed by atoms with Crippen LogP contribution in [-0.4, -0.2) is 10.5 Å². The third-order valence-electron chi connectivity index (χ3n) is 1.24. The van der Waals surface area contributed by atoms with Crippen LogP contribution < -0.4 is 0 Å². The van der Waals surface area contributed by atoms with Crippen LogP contribution in [0.5, 0.6) is 0 Å². The van der Waals surface area contributed by atoms with Gasteiger partial charge < -0.3 is 4.74 Å². The molecule has 0 amide bonds. The average molecular weight is 142 g/mol. The molecule has 1 nitrogen and oxygen atoms in total. The summed E-state index contributed by atoms with van der Waals surface area (Å²) in [7, 11) is 0. The van der Waals surface area contributed by atoms with Crippen molar-refractivity contribution in [1.82, 2.24) is 0 Å². The molecule has 0 atom stereocenters. The highest BCUT2D eigenvalue weighted by atomic mass is 32.1. The van der Waals surface area contributed by atoms with Gasteiger partial charge in [-0.05, 0) is 19.9 Å². The lowest BCUT2D eigenvalue weighted by Gasteiger charge is -2.26. The van der Waals surface area contributed by atoms with Crippen molar-refractivity contribution in [2.24, 2.45) is 0 Å². The maximum Gasteiger partial charge on any atom is 0.107 e. The highest BCUT2D eigenvalue weighted by Crippen LogP contribution is 2.19. The summed E-state index contributed by atoms with van der Waals surface area (Å²) in [5.41, 5.74) is -0.0775. The molecule has 0 aromatic heterocycles. The van der Waals surface area contributed by atoms with Crippen LogP contribution in [0.25, 0.3) is 0 Å². The Morgan fingerprint density at radius 1 is 1.67 bits per heavy atom. The number of hydrogen-bond acceptors (Lipinski definition) is 2. The van der Waals surface area contributed by atoms with Gasteiger partial charge in [0.15, 0.2) is 0 Å². The van der Waals surface area contributed by atoms with E-state index in [0.717, 1.165) is 11.3 Å². The van der Waals surface area contributed by atoms with Gasteiger partial charge in [0, 0.05) is 11.3 Å². The van der Waals surface area contributed by atoms with E-state index in [1.807, 2.05) is 19.9 Å². The summed E-state index contributed by atoms with van der Waals surface area (Å²) in [6.07, 6.45) is 4.37. The molecule has 0 aliphatic carbocycles. The molecule has 0 aromatic rings. The first-order valence-corrected chi connectivity index (χ1v) is 3.38. The van der Waals surface area contributed by atoms with E-state index in [9.17, 15) is 0 Å². The first kappa shape index (κ1) is 6.75. The van der Waals surface area contributed by atoms with Gasteiger partial charge in [-0.2, -0.15) is 0 Å². The van der Waals surface area contributed by atoms with Crippen LogP contribution >= 0.6 is 12.2 Å². The Morgan fingerprint density at radius 3 is 2.67 bits per heavy atom. The van der Waals surface area contributed by atoms with E-state index in [4.69, 9.17) is 17.0 Å². The van der Waals surface area contributed by atoms with Crippen molar-refractivity contribution >= 4 is 17.1 Å². The van der Waals surface area contributed by atoms with Crippen LogP contribution in [0.15, 0.2) is 12.3 Å². The molecule has 1 heterocycles. The lowest BCUT2D eigenvalue weighted by atomic mass is 10.0. The number of rotatable bonds is 0. The second-order valence-electron chi connectivity index (χ2n) is 2.82. The molecule has 0 unspecified atom stereocenters. The van der Waals surface area contributed by atoms with Crippen molar-refractivity contribution in [1.29, 1.82) is 0 Å². The summed E-state index contributed by atoms with van der Waals surface area (Å²) in [4.78, 5) is 0.978. The monoisotopic (exact) mass is 142 g/mol. The number of hydrogen-bond donors (Lipinski definition) is 0. The summed E-state index contributed by atoms with van der Waals surface area (Å²) in [5.74, 6) is 0. The van der Waals surface area contributed by atoms with E-state index in [-0.39, 0.29) is 5.60 Å². The van der Waals surface area contributed by atoms with Gasteiger partial charge in [0.2, 0.25) is 0 Å². The summed E-state index contributed by atoms with van der Waals surface area (Å²) >= 11 is 4.99. The number of thiocarbonyl (C=S) groups is 1. The lowest BCUT2D eigenvalue weighted by molar-refractivity contribution is 0.0614. The standard InChI is InChI=1S/C7H10OS/c1-7(2)5-6(9)3-4-8-7/h3-4H,5H2,1-2H3. The van der Waals surface area contributed by atoms with E-state index in [1.54, 1.807) is 6.26 Å². The fourth-order valence-corrected chi connectivity index (χ4v) is 1.22. The Morgan fingerprint density at radius 2 is 2.33 bits per heavy atom. The molecular formula is C7H10OS. The van der Waals surface area contributed by atoms with Gasteiger partial charge in [-0.3, -0.25) is 0 Å². The van der Waals surface area contributed by atoms with E-state index >= 15 is 0 Å². The Hall–Kier alpha value is -0.370. The first-order chi connectivity index (χ1) is 4.10. The van der Waals surface area contributed by atoms with Crippen LogP contribution in [-0.2, 0) is 4.74 Å². The number of allylic oxidation sites excluding steroid dienone is 1. The molecule has 0 aromatic carbocycles.